The van der Waals surface area contributed by atoms with Gasteiger partial charge in [0.1, 0.15) is 23.3 Å². The van der Waals surface area contributed by atoms with Crippen molar-refractivity contribution < 1.29 is 23.8 Å². The van der Waals surface area contributed by atoms with Crippen LogP contribution in [0.1, 0.15) is 51.8 Å². The van der Waals surface area contributed by atoms with Gasteiger partial charge in [-0.05, 0) is 63.1 Å². The van der Waals surface area contributed by atoms with Gasteiger partial charge in [0, 0.05) is 13.1 Å². The van der Waals surface area contributed by atoms with Crippen molar-refractivity contribution in [3.05, 3.63) is 53.7 Å². The third-order valence-electron chi connectivity index (χ3n) is 3.97. The van der Waals surface area contributed by atoms with Crippen LogP contribution in [0.2, 0.25) is 0 Å². The van der Waals surface area contributed by atoms with Gasteiger partial charge in [0.05, 0.1) is 13.7 Å². The number of esters is 1. The van der Waals surface area contributed by atoms with Gasteiger partial charge in [-0.1, -0.05) is 12.1 Å². The van der Waals surface area contributed by atoms with Crippen molar-refractivity contribution in [2.24, 2.45) is 0 Å². The first-order chi connectivity index (χ1) is 13.6. The fourth-order valence-corrected chi connectivity index (χ4v) is 2.62. The molecular formula is C22H28N2O5. The van der Waals surface area contributed by atoms with Crippen LogP contribution in [0.4, 0.5) is 10.6 Å². The Kier molecular flexibility index (Phi) is 7.20. The zero-order chi connectivity index (χ0) is 21.6. The first-order valence-corrected chi connectivity index (χ1v) is 9.35. The Hall–Kier alpha value is -3.09. The molecule has 0 saturated heterocycles. The van der Waals surface area contributed by atoms with Crippen LogP contribution in [0.25, 0.3) is 0 Å². The number of hydrogen-bond acceptors (Lipinski definition) is 6. The summed E-state index contributed by atoms with van der Waals surface area (Å²) in [5, 5.41) is 0. The van der Waals surface area contributed by atoms with E-state index in [0.29, 0.717) is 5.82 Å². The predicted octanol–water partition coefficient (Wildman–Crippen LogP) is 4.66. The van der Waals surface area contributed by atoms with E-state index in [0.717, 1.165) is 16.9 Å². The Labute approximate surface area is 171 Å². The number of nitrogens with zero attached hydrogens (tertiary/aromatic N) is 2. The van der Waals surface area contributed by atoms with E-state index in [2.05, 4.69) is 4.98 Å². The van der Waals surface area contributed by atoms with Gasteiger partial charge < -0.3 is 14.2 Å². The van der Waals surface area contributed by atoms with Gasteiger partial charge in [0.25, 0.3) is 0 Å². The number of anilines is 1. The Morgan fingerprint density at radius 1 is 1.14 bits per heavy atom. The summed E-state index contributed by atoms with van der Waals surface area (Å²) in [5.74, 6) is 0.762. The van der Waals surface area contributed by atoms with E-state index in [1.165, 1.54) is 11.8 Å². The zero-order valence-electron chi connectivity index (χ0n) is 17.8. The van der Waals surface area contributed by atoms with Crippen molar-refractivity contribution >= 4 is 17.9 Å². The minimum atomic E-state index is -0.655. The lowest BCUT2D eigenvalue weighted by molar-refractivity contribution is -0.145. The summed E-state index contributed by atoms with van der Waals surface area (Å²) < 4.78 is 16.0. The highest BCUT2D eigenvalue weighted by molar-refractivity contribution is 5.86. The summed E-state index contributed by atoms with van der Waals surface area (Å²) in [6, 6.07) is 10.9. The molecule has 0 aliphatic heterocycles. The number of carbonyl (C=O) groups excluding carboxylic acids is 2. The second kappa shape index (κ2) is 9.41. The van der Waals surface area contributed by atoms with Gasteiger partial charge in [0.2, 0.25) is 0 Å². The van der Waals surface area contributed by atoms with Crippen molar-refractivity contribution in [2.75, 3.05) is 12.0 Å². The molecule has 7 nitrogen and oxygen atoms in total. The van der Waals surface area contributed by atoms with E-state index < -0.39 is 17.8 Å². The molecule has 1 atom stereocenters. The van der Waals surface area contributed by atoms with Crippen LogP contribution >= 0.6 is 0 Å². The van der Waals surface area contributed by atoms with Gasteiger partial charge in [0.15, 0.2) is 0 Å². The highest BCUT2D eigenvalue weighted by atomic mass is 16.6. The molecule has 0 saturated carbocycles. The molecule has 0 spiro atoms. The lowest BCUT2D eigenvalue weighted by Gasteiger charge is -2.27. The number of hydrogen-bond donors (Lipinski definition) is 0. The largest absolute Gasteiger partial charge is 0.497 e. The number of rotatable bonds is 6. The van der Waals surface area contributed by atoms with Crippen LogP contribution in [-0.4, -0.2) is 29.8 Å². The van der Waals surface area contributed by atoms with E-state index in [1.54, 1.807) is 32.4 Å². The number of amides is 1. The molecule has 156 valence electrons. The fourth-order valence-electron chi connectivity index (χ4n) is 2.62. The first-order valence-electron chi connectivity index (χ1n) is 9.35. The summed E-state index contributed by atoms with van der Waals surface area (Å²) in [6.45, 7) is 8.81. The minimum absolute atomic E-state index is 0.261. The van der Waals surface area contributed by atoms with Crippen LogP contribution in [0.15, 0.2) is 42.6 Å². The van der Waals surface area contributed by atoms with Crippen molar-refractivity contribution in [1.82, 2.24) is 4.98 Å². The lowest BCUT2D eigenvalue weighted by atomic mass is 10.1. The van der Waals surface area contributed by atoms with Crippen LogP contribution in [0.5, 0.6) is 5.75 Å². The Morgan fingerprint density at radius 2 is 1.79 bits per heavy atom. The maximum Gasteiger partial charge on any atom is 0.416 e. The summed E-state index contributed by atoms with van der Waals surface area (Å²) in [4.78, 5) is 30.0. The molecule has 1 heterocycles. The van der Waals surface area contributed by atoms with Crippen molar-refractivity contribution in [2.45, 2.75) is 52.9 Å². The van der Waals surface area contributed by atoms with Crippen molar-refractivity contribution in [3.63, 3.8) is 0 Å². The molecule has 1 unspecified atom stereocenters. The van der Waals surface area contributed by atoms with Crippen LogP contribution < -0.4 is 9.64 Å². The van der Waals surface area contributed by atoms with Crippen molar-refractivity contribution in [3.8, 4) is 5.75 Å². The fraction of sp³-hybridized carbons (Fsp3) is 0.409. The van der Waals surface area contributed by atoms with Crippen LogP contribution in [0, 0.1) is 0 Å². The number of benzene rings is 1. The molecule has 0 aliphatic rings. The second-order valence-corrected chi connectivity index (χ2v) is 7.61. The van der Waals surface area contributed by atoms with E-state index >= 15 is 0 Å². The normalized spacial score (nSPS) is 12.1. The molecule has 1 aromatic heterocycles. The summed E-state index contributed by atoms with van der Waals surface area (Å²) in [5.41, 5.74) is 0.961. The minimum Gasteiger partial charge on any atom is -0.497 e. The maximum absolute atomic E-state index is 12.9. The number of carbonyl (C=O) groups is 2. The van der Waals surface area contributed by atoms with Crippen LogP contribution in [0.3, 0.4) is 0 Å². The maximum atomic E-state index is 12.9. The molecule has 29 heavy (non-hydrogen) atoms. The highest BCUT2D eigenvalue weighted by Crippen LogP contribution is 2.24. The molecule has 0 fully saturated rings. The third-order valence-corrected chi connectivity index (χ3v) is 3.97. The molecule has 2 rings (SSSR count). The van der Waals surface area contributed by atoms with E-state index in [4.69, 9.17) is 14.2 Å². The Morgan fingerprint density at radius 3 is 2.34 bits per heavy atom. The van der Waals surface area contributed by atoms with Crippen LogP contribution in [-0.2, 0) is 20.8 Å². The van der Waals surface area contributed by atoms with E-state index in [1.807, 2.05) is 45.0 Å². The number of ether oxygens (including phenoxy) is 3. The molecule has 1 aromatic carbocycles. The quantitative estimate of drug-likeness (QED) is 0.657. The molecule has 0 N–H and O–H groups in total. The zero-order valence-corrected chi connectivity index (χ0v) is 17.8. The molecule has 0 bridgehead atoms. The number of pyridine rings is 1. The van der Waals surface area contributed by atoms with E-state index in [-0.39, 0.29) is 12.5 Å². The third kappa shape index (κ3) is 6.78. The van der Waals surface area contributed by atoms with Gasteiger partial charge in [-0.15, -0.1) is 0 Å². The summed E-state index contributed by atoms with van der Waals surface area (Å²) in [7, 11) is 1.60. The topological polar surface area (TPSA) is 78.0 Å². The summed E-state index contributed by atoms with van der Waals surface area (Å²) >= 11 is 0. The average Bonchev–Trinajstić information content (AvgIpc) is 2.64. The van der Waals surface area contributed by atoms with Gasteiger partial charge in [-0.2, -0.15) is 0 Å². The molecule has 1 amide bonds. The smallest absolute Gasteiger partial charge is 0.416 e. The van der Waals surface area contributed by atoms with Gasteiger partial charge in [-0.3, -0.25) is 9.69 Å². The van der Waals surface area contributed by atoms with E-state index in [9.17, 15) is 9.59 Å². The molecule has 7 heteroatoms. The number of aromatic nitrogens is 1. The van der Waals surface area contributed by atoms with Crippen molar-refractivity contribution in [1.29, 1.82) is 0 Å². The van der Waals surface area contributed by atoms with Gasteiger partial charge >= 0.3 is 12.1 Å². The van der Waals surface area contributed by atoms with Gasteiger partial charge in [-0.25, -0.2) is 9.78 Å². The highest BCUT2D eigenvalue weighted by Gasteiger charge is 2.25. The average molecular weight is 400 g/mol. The Bertz CT molecular complexity index is 843. The number of methoxy groups -OCH3 is 1. The molecule has 0 radical (unpaired) electrons. The second-order valence-electron chi connectivity index (χ2n) is 7.61. The SMILES string of the molecule is COc1ccc(CN(C(=O)OC(C)(C)C)c2cc(C(C)OC(C)=O)ccn2)cc1. The Balaban J connectivity index is 2.35. The summed E-state index contributed by atoms with van der Waals surface area (Å²) in [6.07, 6.45) is 0.601. The molecule has 0 aliphatic carbocycles. The lowest BCUT2D eigenvalue weighted by Crippen LogP contribution is -2.37. The monoisotopic (exact) mass is 400 g/mol. The molecular weight excluding hydrogens is 372 g/mol. The first kappa shape index (κ1) is 22.2. The standard InChI is InChI=1S/C22H28N2O5/c1-15(28-16(2)25)18-11-12-23-20(13-18)24(21(26)29-22(3,4)5)14-17-7-9-19(27-6)10-8-17/h7-13,15H,14H2,1-6H3. The predicted molar refractivity (Wildman–Crippen MR) is 110 cm³/mol. The molecule has 2 aromatic rings.